The topological polar surface area (TPSA) is 175 Å². The second kappa shape index (κ2) is 18.1. The Morgan fingerprint density at radius 3 is 2.02 bits per heavy atom. The molecule has 13 nitrogen and oxygen atoms in total. The van der Waals surface area contributed by atoms with Gasteiger partial charge in [0.2, 0.25) is 5.13 Å². The second-order valence-electron chi connectivity index (χ2n) is 16.6. The maximum Gasteiger partial charge on any atom is 0.295 e. The van der Waals surface area contributed by atoms with Gasteiger partial charge in [-0.3, -0.25) is 9.45 Å². The van der Waals surface area contributed by atoms with Crippen LogP contribution < -0.4 is 10.2 Å². The number of azo groups is 1. The minimum atomic E-state index is -4.65. The van der Waals surface area contributed by atoms with Crippen molar-refractivity contribution in [2.75, 3.05) is 10.2 Å². The number of benzene rings is 4. The van der Waals surface area contributed by atoms with E-state index in [4.69, 9.17) is 30.3 Å². The number of nitrogens with zero attached hydrogens (tertiary/aromatic N) is 9. The van der Waals surface area contributed by atoms with Crippen molar-refractivity contribution in [3.63, 3.8) is 0 Å². The summed E-state index contributed by atoms with van der Waals surface area (Å²) in [6.07, 6.45) is 2.34. The summed E-state index contributed by atoms with van der Waals surface area (Å²) in [5.41, 5.74) is 13.5. The molecule has 8 aromatic rings. The van der Waals surface area contributed by atoms with Crippen LogP contribution in [0, 0.1) is 59.8 Å². The third-order valence-electron chi connectivity index (χ3n) is 12.1. The highest BCUT2D eigenvalue weighted by atomic mass is 32.2. The van der Waals surface area contributed by atoms with E-state index in [2.05, 4.69) is 57.3 Å². The molecule has 8 rings (SSSR count). The molecule has 338 valence electrons. The lowest BCUT2D eigenvalue weighted by molar-refractivity contribution is 0.481. The first-order valence-electron chi connectivity index (χ1n) is 22.0. The monoisotopic (exact) mass is 936 g/mol. The predicted molar refractivity (Wildman–Crippen MR) is 268 cm³/mol. The zero-order valence-electron chi connectivity index (χ0n) is 39.0. The number of anilines is 5. The number of nitriles is 1. The molecule has 4 heterocycles. The van der Waals surface area contributed by atoms with E-state index in [1.54, 1.807) is 18.5 Å². The van der Waals surface area contributed by atoms with E-state index >= 15 is 0 Å². The number of aryl methyl sites for hydroxylation is 8. The molecule has 0 fully saturated rings. The highest BCUT2D eigenvalue weighted by Gasteiger charge is 2.31. The Hall–Kier alpha value is -6.38. The van der Waals surface area contributed by atoms with Crippen LogP contribution in [-0.4, -0.2) is 37.7 Å². The van der Waals surface area contributed by atoms with E-state index in [1.165, 1.54) is 33.8 Å². The van der Waals surface area contributed by atoms with Crippen molar-refractivity contribution >= 4 is 92.9 Å². The maximum absolute atomic E-state index is 13.2. The van der Waals surface area contributed by atoms with Crippen LogP contribution in [-0.2, 0) is 35.8 Å². The quantitative estimate of drug-likeness (QED) is 0.0836. The summed E-state index contributed by atoms with van der Waals surface area (Å²) in [5, 5.41) is 29.8. The van der Waals surface area contributed by atoms with Crippen molar-refractivity contribution in [2.24, 2.45) is 10.2 Å². The van der Waals surface area contributed by atoms with E-state index in [-0.39, 0.29) is 16.3 Å². The van der Waals surface area contributed by atoms with Crippen LogP contribution in [0.4, 0.5) is 39.6 Å². The number of nitrogens with one attached hydrogen (secondary N) is 1. The van der Waals surface area contributed by atoms with E-state index in [0.717, 1.165) is 66.8 Å². The second-order valence-corrected chi connectivity index (χ2v) is 20.0. The minimum absolute atomic E-state index is 0.126. The number of hydrogen-bond donors (Lipinski definition) is 2. The maximum atomic E-state index is 13.2. The normalized spacial score (nSPS) is 11.9. The predicted octanol–water partition coefficient (Wildman–Crippen LogP) is 13.6. The van der Waals surface area contributed by atoms with Gasteiger partial charge in [0.1, 0.15) is 28.0 Å². The van der Waals surface area contributed by atoms with Gasteiger partial charge in [0, 0.05) is 5.69 Å². The Morgan fingerprint density at radius 1 is 0.758 bits per heavy atom. The third-order valence-corrected chi connectivity index (χ3v) is 15.2. The summed E-state index contributed by atoms with van der Waals surface area (Å²) in [4.78, 5) is 17.2. The average Bonchev–Trinajstić information content (AvgIpc) is 3.98. The van der Waals surface area contributed by atoms with Gasteiger partial charge in [-0.1, -0.05) is 74.6 Å². The highest BCUT2D eigenvalue weighted by molar-refractivity contribution is 7.86. The Morgan fingerprint density at radius 2 is 1.39 bits per heavy atom. The van der Waals surface area contributed by atoms with Crippen LogP contribution in [0.15, 0.2) is 69.7 Å². The van der Waals surface area contributed by atoms with Crippen molar-refractivity contribution in [2.45, 2.75) is 107 Å². The molecule has 4 aromatic heterocycles. The summed E-state index contributed by atoms with van der Waals surface area (Å²) in [6, 6.07) is 20.4. The lowest BCUT2D eigenvalue weighted by Crippen LogP contribution is -2.19. The molecule has 0 amide bonds. The Bertz CT molecular complexity index is 3430. The van der Waals surface area contributed by atoms with E-state index in [9.17, 15) is 18.2 Å². The summed E-state index contributed by atoms with van der Waals surface area (Å²) >= 11 is 2.93. The molecule has 4 aromatic carbocycles. The first-order valence-corrected chi connectivity index (χ1v) is 25.1. The lowest BCUT2D eigenvalue weighted by Gasteiger charge is -2.29. The zero-order valence-corrected chi connectivity index (χ0v) is 41.5. The highest BCUT2D eigenvalue weighted by Crippen LogP contribution is 2.47. The fraction of sp³-hybridized carbons (Fsp3) is 0.300. The summed E-state index contributed by atoms with van der Waals surface area (Å²) in [7, 11) is -4.65. The number of rotatable bonds is 13. The van der Waals surface area contributed by atoms with Crippen LogP contribution in [0.25, 0.3) is 25.6 Å². The first kappa shape index (κ1) is 46.2. The molecule has 0 radical (unpaired) electrons. The molecule has 0 spiro atoms. The van der Waals surface area contributed by atoms with Gasteiger partial charge in [-0.05, 0) is 160 Å². The smallest absolute Gasteiger partial charge is 0.295 e. The number of thiazole rings is 2. The van der Waals surface area contributed by atoms with Crippen molar-refractivity contribution < 1.29 is 13.0 Å². The summed E-state index contributed by atoms with van der Waals surface area (Å²) < 4.78 is 40.8. The Labute approximate surface area is 393 Å². The van der Waals surface area contributed by atoms with E-state index in [0.29, 0.717) is 68.5 Å². The number of pyridine rings is 1. The van der Waals surface area contributed by atoms with Crippen molar-refractivity contribution in [1.29, 1.82) is 5.26 Å². The minimum Gasteiger partial charge on any atom is -0.338 e. The van der Waals surface area contributed by atoms with Gasteiger partial charge in [0.15, 0.2) is 16.8 Å². The zero-order chi connectivity index (χ0) is 47.4. The third kappa shape index (κ3) is 8.36. The van der Waals surface area contributed by atoms with Gasteiger partial charge >= 0.3 is 0 Å². The van der Waals surface area contributed by atoms with Gasteiger partial charge in [0.05, 0.1) is 31.8 Å². The van der Waals surface area contributed by atoms with Gasteiger partial charge in [0.25, 0.3) is 10.1 Å². The molecule has 0 saturated carbocycles. The molecular formula is C50H52N10O3S3. The van der Waals surface area contributed by atoms with Crippen molar-refractivity contribution in [3.05, 3.63) is 121 Å². The molecule has 0 unspecified atom stereocenters. The van der Waals surface area contributed by atoms with Gasteiger partial charge in [-0.2, -0.15) is 23.5 Å². The molecule has 0 atom stereocenters. The molecule has 0 aliphatic carbocycles. The molecule has 0 saturated heterocycles. The van der Waals surface area contributed by atoms with Crippen molar-refractivity contribution in [1.82, 2.24) is 24.7 Å². The van der Waals surface area contributed by atoms with E-state index < -0.39 is 10.1 Å². The molecular weight excluding hydrogens is 885 g/mol. The first-order chi connectivity index (χ1) is 31.5. The van der Waals surface area contributed by atoms with E-state index in [1.807, 2.05) is 75.9 Å². The molecule has 0 bridgehead atoms. The fourth-order valence-corrected chi connectivity index (χ4v) is 11.8. The average molecular weight is 937 g/mol. The molecule has 66 heavy (non-hydrogen) atoms. The van der Waals surface area contributed by atoms with Crippen LogP contribution in [0.5, 0.6) is 0 Å². The van der Waals surface area contributed by atoms with Crippen molar-refractivity contribution in [3.8, 4) is 11.2 Å². The number of hydrogen-bond acceptors (Lipinski definition) is 13. The SMILES string of the molecule is CCc1cc(C)c(C)c(CC)c1Nc1nc(N(c2nc3ccc(C)cc3s2)c2c(CC)cc(C)c(S(=O)(=O)O)c2CC)cc(C)c1N=Nc1c(C#N)c(C)nn1-c1nc2ccc(C)cc2s1. The largest absolute Gasteiger partial charge is 0.338 e. The summed E-state index contributed by atoms with van der Waals surface area (Å²) in [5.74, 6) is 1.07. The molecule has 0 aliphatic rings. The summed E-state index contributed by atoms with van der Waals surface area (Å²) in [6.45, 7) is 21.9. The van der Waals surface area contributed by atoms with Gasteiger partial charge in [-0.15, -0.1) is 10.2 Å². The Kier molecular flexibility index (Phi) is 12.7. The Balaban J connectivity index is 1.42. The van der Waals surface area contributed by atoms with Crippen LogP contribution in [0.2, 0.25) is 0 Å². The number of fused-ring (bicyclic) bond motifs is 2. The molecule has 2 N–H and O–H groups in total. The van der Waals surface area contributed by atoms with Gasteiger partial charge < -0.3 is 5.32 Å². The molecule has 0 aliphatic heterocycles. The van der Waals surface area contributed by atoms with Crippen LogP contribution in [0.3, 0.4) is 0 Å². The number of aromatic nitrogens is 5. The van der Waals surface area contributed by atoms with Crippen LogP contribution >= 0.6 is 22.7 Å². The van der Waals surface area contributed by atoms with Gasteiger partial charge in [-0.25, -0.2) is 15.0 Å². The fourth-order valence-electron chi connectivity index (χ4n) is 8.71. The lowest BCUT2D eigenvalue weighted by atomic mass is 9.94. The van der Waals surface area contributed by atoms with Crippen LogP contribution in [0.1, 0.15) is 94.6 Å². The molecule has 16 heteroatoms. The standard InChI is InChI=1S/C50H52N10O3S3/c1-12-33-22-28(7)31(10)35(14-3)44(33)55-47-43(56-57-48-37(25-51)32(11)58-60(48)50-53-39-19-17-27(6)21-41(39)65-50)29(8)24-42(54-47)59(49-52-38-18-16-26(5)20-40(38)64-49)45-34(13-2)23-30(9)46(36(45)15-4)66(61,62)63/h16-24H,12-15H2,1-11H3,(H,54,55)(H,61,62,63).